The second-order valence-corrected chi connectivity index (χ2v) is 8.90. The summed E-state index contributed by atoms with van der Waals surface area (Å²) in [6, 6.07) is 0.405. The van der Waals surface area contributed by atoms with Crippen LogP contribution in [-0.4, -0.2) is 44.2 Å². The van der Waals surface area contributed by atoms with Gasteiger partial charge in [-0.2, -0.15) is 0 Å². The molecule has 4 nitrogen and oxygen atoms in total. The Morgan fingerprint density at radius 3 is 2.52 bits per heavy atom. The molecular weight excluding hydrogens is 284 g/mol. The standard InChI is InChI=1S/C16H32N2O2S/c1-3-17-14(2)16-10-7-11-18(12-16)21(19,20)13-15-8-5-4-6-9-15/h14-17H,3-13H2,1-2H3. The lowest BCUT2D eigenvalue weighted by molar-refractivity contribution is 0.224. The lowest BCUT2D eigenvalue weighted by Crippen LogP contribution is -2.47. The maximum absolute atomic E-state index is 12.7. The highest BCUT2D eigenvalue weighted by Gasteiger charge is 2.32. The Morgan fingerprint density at radius 2 is 1.86 bits per heavy atom. The van der Waals surface area contributed by atoms with E-state index in [0.717, 1.165) is 38.8 Å². The lowest BCUT2D eigenvalue weighted by Gasteiger charge is -2.36. The van der Waals surface area contributed by atoms with E-state index in [2.05, 4.69) is 19.2 Å². The zero-order valence-corrected chi connectivity index (χ0v) is 14.5. The van der Waals surface area contributed by atoms with Crippen LogP contribution in [0.5, 0.6) is 0 Å². The molecule has 1 N–H and O–H groups in total. The van der Waals surface area contributed by atoms with Gasteiger partial charge in [0.15, 0.2) is 0 Å². The van der Waals surface area contributed by atoms with Gasteiger partial charge in [-0.15, -0.1) is 0 Å². The van der Waals surface area contributed by atoms with Crippen molar-refractivity contribution < 1.29 is 8.42 Å². The van der Waals surface area contributed by atoms with E-state index >= 15 is 0 Å². The Labute approximate surface area is 130 Å². The van der Waals surface area contributed by atoms with Crippen molar-refractivity contribution in [1.29, 1.82) is 0 Å². The van der Waals surface area contributed by atoms with Crippen molar-refractivity contribution >= 4 is 10.0 Å². The molecule has 5 heteroatoms. The molecule has 1 saturated heterocycles. The molecule has 1 aliphatic carbocycles. The summed E-state index contributed by atoms with van der Waals surface area (Å²) in [5.41, 5.74) is 0. The molecule has 1 aliphatic heterocycles. The van der Waals surface area contributed by atoms with Crippen molar-refractivity contribution in [2.75, 3.05) is 25.4 Å². The minimum absolute atomic E-state index is 0.384. The molecule has 0 aromatic heterocycles. The first-order valence-corrected chi connectivity index (χ1v) is 10.3. The van der Waals surface area contributed by atoms with Gasteiger partial charge in [-0.05, 0) is 51.0 Å². The van der Waals surface area contributed by atoms with Crippen molar-refractivity contribution in [3.8, 4) is 0 Å². The van der Waals surface area contributed by atoms with E-state index < -0.39 is 10.0 Å². The predicted molar refractivity (Wildman–Crippen MR) is 87.8 cm³/mol. The average Bonchev–Trinajstić information content (AvgIpc) is 2.48. The molecule has 2 rings (SSSR count). The Bertz CT molecular complexity index is 405. The molecule has 124 valence electrons. The van der Waals surface area contributed by atoms with Crippen molar-refractivity contribution in [3.05, 3.63) is 0 Å². The van der Waals surface area contributed by atoms with Gasteiger partial charge in [0, 0.05) is 19.1 Å². The second kappa shape index (κ2) is 7.93. The van der Waals surface area contributed by atoms with E-state index in [4.69, 9.17) is 0 Å². The third-order valence-corrected chi connectivity index (χ3v) is 7.23. The Hall–Kier alpha value is -0.130. The molecule has 0 aromatic rings. The van der Waals surface area contributed by atoms with Crippen molar-refractivity contribution in [3.63, 3.8) is 0 Å². The molecule has 0 radical (unpaired) electrons. The van der Waals surface area contributed by atoms with Gasteiger partial charge in [-0.25, -0.2) is 12.7 Å². The topological polar surface area (TPSA) is 49.4 Å². The van der Waals surface area contributed by atoms with Crippen molar-refractivity contribution in [2.24, 2.45) is 11.8 Å². The molecule has 0 bridgehead atoms. The van der Waals surface area contributed by atoms with E-state index in [1.807, 2.05) is 0 Å². The van der Waals surface area contributed by atoms with Crippen LogP contribution in [0.4, 0.5) is 0 Å². The van der Waals surface area contributed by atoms with Crippen LogP contribution in [0.15, 0.2) is 0 Å². The van der Waals surface area contributed by atoms with Crippen LogP contribution < -0.4 is 5.32 Å². The van der Waals surface area contributed by atoms with Gasteiger partial charge in [0.2, 0.25) is 10.0 Å². The number of nitrogens with one attached hydrogen (secondary N) is 1. The van der Waals surface area contributed by atoms with Crippen LogP contribution in [0.2, 0.25) is 0 Å². The molecule has 2 unspecified atom stereocenters. The zero-order valence-electron chi connectivity index (χ0n) is 13.7. The summed E-state index contributed by atoms with van der Waals surface area (Å²) in [6.07, 6.45) is 8.05. The van der Waals surface area contributed by atoms with Gasteiger partial charge in [0.25, 0.3) is 0 Å². The molecular formula is C16H32N2O2S. The number of sulfonamides is 1. The summed E-state index contributed by atoms with van der Waals surface area (Å²) in [6.45, 7) is 6.68. The number of rotatable bonds is 6. The SMILES string of the molecule is CCNC(C)C1CCCN(S(=O)(=O)CC2CCCCC2)C1. The highest BCUT2D eigenvalue weighted by molar-refractivity contribution is 7.89. The normalized spacial score (nSPS) is 27.6. The maximum Gasteiger partial charge on any atom is 0.214 e. The Morgan fingerprint density at radius 1 is 1.14 bits per heavy atom. The minimum atomic E-state index is -3.06. The summed E-state index contributed by atoms with van der Waals surface area (Å²) >= 11 is 0. The quantitative estimate of drug-likeness (QED) is 0.819. The first-order valence-electron chi connectivity index (χ1n) is 8.74. The second-order valence-electron chi connectivity index (χ2n) is 6.89. The molecule has 2 atom stereocenters. The summed E-state index contributed by atoms with van der Waals surface area (Å²) in [5, 5.41) is 3.45. The van der Waals surface area contributed by atoms with Crippen molar-refractivity contribution in [2.45, 2.75) is 64.8 Å². The van der Waals surface area contributed by atoms with E-state index in [-0.39, 0.29) is 0 Å². The van der Waals surface area contributed by atoms with Gasteiger partial charge in [-0.3, -0.25) is 0 Å². The summed E-state index contributed by atoms with van der Waals surface area (Å²) in [4.78, 5) is 0. The number of hydrogen-bond acceptors (Lipinski definition) is 3. The van der Waals surface area contributed by atoms with E-state index in [1.165, 1.54) is 19.3 Å². The Balaban J connectivity index is 1.92. The molecule has 0 spiro atoms. The van der Waals surface area contributed by atoms with E-state index in [9.17, 15) is 8.42 Å². The lowest BCUT2D eigenvalue weighted by atomic mass is 9.91. The fraction of sp³-hybridized carbons (Fsp3) is 1.00. The van der Waals surface area contributed by atoms with Gasteiger partial charge in [0.05, 0.1) is 5.75 Å². The van der Waals surface area contributed by atoms with Crippen LogP contribution in [0, 0.1) is 11.8 Å². The monoisotopic (exact) mass is 316 g/mol. The van der Waals surface area contributed by atoms with Crippen molar-refractivity contribution in [1.82, 2.24) is 9.62 Å². The van der Waals surface area contributed by atoms with Crippen LogP contribution >= 0.6 is 0 Å². The molecule has 0 amide bonds. The minimum Gasteiger partial charge on any atom is -0.314 e. The molecule has 1 saturated carbocycles. The maximum atomic E-state index is 12.7. The zero-order chi connectivity index (χ0) is 15.3. The number of nitrogens with zero attached hydrogens (tertiary/aromatic N) is 1. The molecule has 21 heavy (non-hydrogen) atoms. The first kappa shape index (κ1) is 17.2. The summed E-state index contributed by atoms with van der Waals surface area (Å²) < 4.78 is 27.2. The third kappa shape index (κ3) is 4.93. The van der Waals surface area contributed by atoms with Gasteiger partial charge >= 0.3 is 0 Å². The van der Waals surface area contributed by atoms with E-state index in [1.54, 1.807) is 4.31 Å². The molecule has 0 aromatic carbocycles. The van der Waals surface area contributed by atoms with E-state index in [0.29, 0.717) is 30.2 Å². The Kier molecular flexibility index (Phi) is 6.51. The smallest absolute Gasteiger partial charge is 0.214 e. The molecule has 2 aliphatic rings. The summed E-state index contributed by atoms with van der Waals surface area (Å²) in [5.74, 6) is 1.24. The van der Waals surface area contributed by atoms with Crippen LogP contribution in [0.1, 0.15) is 58.8 Å². The van der Waals surface area contributed by atoms with Crippen LogP contribution in [0.25, 0.3) is 0 Å². The highest BCUT2D eigenvalue weighted by Crippen LogP contribution is 2.28. The fourth-order valence-electron chi connectivity index (χ4n) is 3.88. The van der Waals surface area contributed by atoms with Crippen LogP contribution in [-0.2, 0) is 10.0 Å². The van der Waals surface area contributed by atoms with Crippen LogP contribution in [0.3, 0.4) is 0 Å². The van der Waals surface area contributed by atoms with Gasteiger partial charge < -0.3 is 5.32 Å². The summed E-state index contributed by atoms with van der Waals surface area (Å²) in [7, 11) is -3.06. The third-order valence-electron chi connectivity index (χ3n) is 5.22. The van der Waals surface area contributed by atoms with Gasteiger partial charge in [0.1, 0.15) is 0 Å². The predicted octanol–water partition coefficient (Wildman–Crippen LogP) is 2.61. The average molecular weight is 317 g/mol. The molecule has 1 heterocycles. The number of piperidine rings is 1. The first-order chi connectivity index (χ1) is 10.0. The fourth-order valence-corrected chi connectivity index (χ4v) is 5.85. The largest absolute Gasteiger partial charge is 0.314 e. The molecule has 2 fully saturated rings. The highest BCUT2D eigenvalue weighted by atomic mass is 32.2. The number of hydrogen-bond donors (Lipinski definition) is 1. The van der Waals surface area contributed by atoms with Gasteiger partial charge in [-0.1, -0.05) is 26.2 Å².